The number of anilines is 4. The Morgan fingerprint density at radius 1 is 0.736 bits per heavy atom. The molecule has 2 heterocycles. The molecule has 3 amide bonds. The van der Waals surface area contributed by atoms with Crippen LogP contribution in [0.25, 0.3) is 0 Å². The lowest BCUT2D eigenvalue weighted by Gasteiger charge is -2.34. The summed E-state index contributed by atoms with van der Waals surface area (Å²) >= 11 is 0. The molecule has 2 saturated heterocycles. The van der Waals surface area contributed by atoms with Crippen LogP contribution in [-0.2, 0) is 19.7 Å². The van der Waals surface area contributed by atoms with Gasteiger partial charge in [0.2, 0.25) is 11.8 Å². The third kappa shape index (κ3) is 8.67. The van der Waals surface area contributed by atoms with Crippen LogP contribution in [0.3, 0.4) is 0 Å². The first-order chi connectivity index (χ1) is 25.4. The molecule has 0 spiro atoms. The third-order valence-electron chi connectivity index (χ3n) is 10.6. The molecule has 0 saturated carbocycles. The predicted octanol–water partition coefficient (Wildman–Crippen LogP) is 9.12. The summed E-state index contributed by atoms with van der Waals surface area (Å²) < 4.78 is 4.74. The minimum Gasteiger partial charge on any atom is -0.453 e. The summed E-state index contributed by atoms with van der Waals surface area (Å²) in [6.07, 6.45) is 2.60. The van der Waals surface area contributed by atoms with Crippen molar-refractivity contribution in [1.29, 1.82) is 0 Å². The molecule has 9 nitrogen and oxygen atoms in total. The van der Waals surface area contributed by atoms with Crippen molar-refractivity contribution in [2.24, 2.45) is 5.92 Å². The van der Waals surface area contributed by atoms with E-state index in [2.05, 4.69) is 114 Å². The summed E-state index contributed by atoms with van der Waals surface area (Å²) in [4.78, 5) is 43.2. The molecule has 4 aromatic carbocycles. The van der Waals surface area contributed by atoms with Crippen molar-refractivity contribution in [3.05, 3.63) is 120 Å². The second-order valence-electron chi connectivity index (χ2n) is 15.6. The molecule has 53 heavy (non-hydrogen) atoms. The van der Waals surface area contributed by atoms with E-state index < -0.39 is 18.2 Å². The fourth-order valence-corrected chi connectivity index (χ4v) is 7.63. The molecule has 0 bridgehead atoms. The number of likely N-dealkylation sites (tertiary alicyclic amines) is 1. The van der Waals surface area contributed by atoms with E-state index in [4.69, 9.17) is 4.74 Å². The number of nitrogens with one attached hydrogen (secondary N) is 3. The largest absolute Gasteiger partial charge is 0.453 e. The minimum absolute atomic E-state index is 0.0586. The van der Waals surface area contributed by atoms with Gasteiger partial charge in [-0.3, -0.25) is 9.59 Å². The highest BCUT2D eigenvalue weighted by Crippen LogP contribution is 2.47. The van der Waals surface area contributed by atoms with Gasteiger partial charge in [-0.05, 0) is 102 Å². The number of hydrogen-bond donors (Lipinski definition) is 3. The van der Waals surface area contributed by atoms with E-state index in [0.29, 0.717) is 25.1 Å². The second-order valence-corrected chi connectivity index (χ2v) is 15.6. The van der Waals surface area contributed by atoms with Gasteiger partial charge >= 0.3 is 6.09 Å². The van der Waals surface area contributed by atoms with Gasteiger partial charge in [0.25, 0.3) is 0 Å². The fraction of sp³-hybridized carbons (Fsp3) is 0.386. The Bertz CT molecular complexity index is 1850. The smallest absolute Gasteiger partial charge is 0.407 e. The lowest BCUT2D eigenvalue weighted by atomic mass is 9.87. The fourth-order valence-electron chi connectivity index (χ4n) is 7.63. The molecule has 0 aromatic heterocycles. The van der Waals surface area contributed by atoms with Gasteiger partial charge in [-0.2, -0.15) is 0 Å². The zero-order chi connectivity index (χ0) is 37.7. The van der Waals surface area contributed by atoms with Gasteiger partial charge in [-0.1, -0.05) is 89.2 Å². The van der Waals surface area contributed by atoms with Gasteiger partial charge in [-0.25, -0.2) is 4.79 Å². The summed E-state index contributed by atoms with van der Waals surface area (Å²) in [5, 5.41) is 9.21. The van der Waals surface area contributed by atoms with Gasteiger partial charge in [0.05, 0.1) is 19.2 Å². The van der Waals surface area contributed by atoms with Crippen LogP contribution in [0.2, 0.25) is 0 Å². The predicted molar refractivity (Wildman–Crippen MR) is 212 cm³/mol. The van der Waals surface area contributed by atoms with Gasteiger partial charge in [0, 0.05) is 29.3 Å². The minimum atomic E-state index is -0.776. The number of ether oxygens (including phenoxy) is 1. The number of nitrogens with zero attached hydrogens (tertiary/aromatic N) is 2. The lowest BCUT2D eigenvalue weighted by Crippen LogP contribution is -2.54. The zero-order valence-corrected chi connectivity index (χ0v) is 31.8. The first-order valence-corrected chi connectivity index (χ1v) is 18.8. The SMILES string of the molecule is COC(=O)N[C@H](C(=O)N1CCC[C@H]1C(=O)Nc1ccc([C@@H]2CC[C@@H](c3ccc(Nc4ccccc4)cc3)N2c2ccc(C(C)(C)C)cc2)cc1)C(C)C. The summed E-state index contributed by atoms with van der Waals surface area (Å²) in [6.45, 7) is 10.9. The maximum absolute atomic E-state index is 13.6. The van der Waals surface area contributed by atoms with Crippen LogP contribution in [-0.4, -0.2) is 48.5 Å². The number of carbonyl (C=O) groups excluding carboxylic acids is 3. The summed E-state index contributed by atoms with van der Waals surface area (Å²) in [6, 6.07) is 35.1. The Morgan fingerprint density at radius 3 is 1.85 bits per heavy atom. The molecule has 9 heteroatoms. The molecule has 2 aliphatic rings. The van der Waals surface area contributed by atoms with Crippen molar-refractivity contribution in [1.82, 2.24) is 10.2 Å². The molecular formula is C44H53N5O4. The average Bonchev–Trinajstić information content (AvgIpc) is 3.83. The molecule has 2 aliphatic heterocycles. The number of para-hydroxylation sites is 1. The van der Waals surface area contributed by atoms with Crippen LogP contribution >= 0.6 is 0 Å². The van der Waals surface area contributed by atoms with Crippen LogP contribution < -0.4 is 20.9 Å². The summed E-state index contributed by atoms with van der Waals surface area (Å²) in [7, 11) is 1.27. The highest BCUT2D eigenvalue weighted by Gasteiger charge is 2.39. The van der Waals surface area contributed by atoms with Crippen molar-refractivity contribution in [3.8, 4) is 0 Å². The number of amides is 3. The third-order valence-corrected chi connectivity index (χ3v) is 10.6. The standard InChI is InChI=1S/C44H53N5O4/c1-29(2)40(47-43(52)53-6)42(51)48-28-10-13-39(48)41(50)46-35-22-16-31(17-23-35)38-27-26-37(49(38)36-24-18-32(19-25-36)44(3,4)5)30-14-20-34(21-15-30)45-33-11-8-7-9-12-33/h7-9,11-12,14-25,29,37-40,45H,10,13,26-28H2,1-6H3,(H,46,50)(H,47,52)/t37-,38-,39-,40-/m0/s1. The Labute approximate surface area is 314 Å². The normalized spacial score (nSPS) is 19.2. The maximum atomic E-state index is 13.6. The number of rotatable bonds is 10. The summed E-state index contributed by atoms with van der Waals surface area (Å²) in [5.41, 5.74) is 7.78. The van der Waals surface area contributed by atoms with Crippen molar-refractivity contribution in [2.75, 3.05) is 29.2 Å². The van der Waals surface area contributed by atoms with Gasteiger partial charge in [0.1, 0.15) is 12.1 Å². The topological polar surface area (TPSA) is 103 Å². The zero-order valence-electron chi connectivity index (χ0n) is 31.8. The molecule has 4 atom stereocenters. The molecular weight excluding hydrogens is 663 g/mol. The van der Waals surface area contributed by atoms with Crippen LogP contribution in [0.5, 0.6) is 0 Å². The van der Waals surface area contributed by atoms with E-state index >= 15 is 0 Å². The molecule has 278 valence electrons. The van der Waals surface area contributed by atoms with Gasteiger partial charge in [-0.15, -0.1) is 0 Å². The monoisotopic (exact) mass is 715 g/mol. The molecule has 6 rings (SSSR count). The Hall–Kier alpha value is -5.31. The highest BCUT2D eigenvalue weighted by atomic mass is 16.5. The van der Waals surface area contributed by atoms with Crippen LogP contribution in [0.15, 0.2) is 103 Å². The van der Waals surface area contributed by atoms with E-state index in [1.807, 2.05) is 44.2 Å². The second kappa shape index (κ2) is 16.1. The number of carbonyl (C=O) groups is 3. The van der Waals surface area contributed by atoms with Crippen molar-refractivity contribution in [2.45, 2.75) is 89.9 Å². The van der Waals surface area contributed by atoms with Crippen molar-refractivity contribution in [3.63, 3.8) is 0 Å². The number of hydrogen-bond acceptors (Lipinski definition) is 6. The quantitative estimate of drug-likeness (QED) is 0.151. The van der Waals surface area contributed by atoms with Crippen molar-refractivity contribution < 1.29 is 19.1 Å². The number of alkyl carbamates (subject to hydrolysis) is 1. The van der Waals surface area contributed by atoms with Crippen LogP contribution in [0, 0.1) is 5.92 Å². The number of methoxy groups -OCH3 is 1. The molecule has 0 unspecified atom stereocenters. The van der Waals surface area contributed by atoms with Gasteiger partial charge in [0.15, 0.2) is 0 Å². The molecule has 2 fully saturated rings. The maximum Gasteiger partial charge on any atom is 0.407 e. The first kappa shape index (κ1) is 37.4. The van der Waals surface area contributed by atoms with E-state index in [1.165, 1.54) is 29.5 Å². The van der Waals surface area contributed by atoms with E-state index in [-0.39, 0.29) is 35.2 Å². The average molecular weight is 716 g/mol. The van der Waals surface area contributed by atoms with E-state index in [0.717, 1.165) is 24.2 Å². The first-order valence-electron chi connectivity index (χ1n) is 18.8. The van der Waals surface area contributed by atoms with E-state index in [1.54, 1.807) is 4.90 Å². The van der Waals surface area contributed by atoms with Crippen LogP contribution in [0.1, 0.15) is 89.1 Å². The molecule has 0 aliphatic carbocycles. The lowest BCUT2D eigenvalue weighted by molar-refractivity contribution is -0.139. The van der Waals surface area contributed by atoms with Crippen LogP contribution in [0.4, 0.5) is 27.5 Å². The summed E-state index contributed by atoms with van der Waals surface area (Å²) in [5.74, 6) is -0.664. The highest BCUT2D eigenvalue weighted by molar-refractivity contribution is 5.98. The molecule has 0 radical (unpaired) electrons. The molecule has 3 N–H and O–H groups in total. The molecule has 4 aromatic rings. The Morgan fingerprint density at radius 2 is 1.30 bits per heavy atom. The van der Waals surface area contributed by atoms with Crippen molar-refractivity contribution >= 4 is 40.7 Å². The number of benzene rings is 4. The van der Waals surface area contributed by atoms with E-state index in [9.17, 15) is 14.4 Å². The van der Waals surface area contributed by atoms with Gasteiger partial charge < -0.3 is 30.5 Å². The Balaban J connectivity index is 1.19. The Kier molecular flexibility index (Phi) is 11.4.